The molecule has 2 heterocycles. The lowest BCUT2D eigenvalue weighted by Gasteiger charge is -2.10. The molecule has 1 saturated heterocycles. The Hall–Kier alpha value is -2.65. The van der Waals surface area contributed by atoms with Crippen LogP contribution in [-0.4, -0.2) is 55.2 Å². The van der Waals surface area contributed by atoms with Crippen molar-refractivity contribution in [3.05, 3.63) is 66.5 Å². The highest BCUT2D eigenvalue weighted by atomic mass is 16.6. The molecule has 1 fully saturated rings. The lowest BCUT2D eigenvalue weighted by Crippen LogP contribution is -2.43. The number of aromatic nitrogens is 4. The molecule has 4 atom stereocenters. The summed E-state index contributed by atoms with van der Waals surface area (Å²) in [4.78, 5) is 3.19. The Balaban J connectivity index is 1.80. The van der Waals surface area contributed by atoms with Crippen LogP contribution >= 0.6 is 0 Å². The van der Waals surface area contributed by atoms with Gasteiger partial charge in [-0.05, 0) is 34.2 Å². The quantitative estimate of drug-likeness (QED) is 0.555. The van der Waals surface area contributed by atoms with Gasteiger partial charge in [0.2, 0.25) is 0 Å². The summed E-state index contributed by atoms with van der Waals surface area (Å²) in [6.07, 6.45) is -4.22. The van der Waals surface area contributed by atoms with E-state index in [0.717, 1.165) is 11.4 Å². The van der Waals surface area contributed by atoms with E-state index in [0.29, 0.717) is 0 Å². The van der Waals surface area contributed by atoms with Crippen LogP contribution in [0.3, 0.4) is 0 Å². The molecular weight excluding hydrogens is 336 g/mol. The van der Waals surface area contributed by atoms with Gasteiger partial charge in [-0.1, -0.05) is 36.4 Å². The van der Waals surface area contributed by atoms with Gasteiger partial charge in [0.1, 0.15) is 24.0 Å². The standard InChI is InChI=1S/C18H19N4O4/c23-11-14-15(24)16(25)17(26-14)18-19-21(12-7-3-1-4-8-12)22(20-18)13-9-5-2-6-10-13/h1-10,14-17,23-25H,11H2/q+1/t14-,15+,16+,17-/m0/s1. The first kappa shape index (κ1) is 16.8. The smallest absolute Gasteiger partial charge is 0.340 e. The predicted molar refractivity (Wildman–Crippen MR) is 89.6 cm³/mol. The van der Waals surface area contributed by atoms with E-state index >= 15 is 0 Å². The number of benzene rings is 2. The first-order valence-corrected chi connectivity index (χ1v) is 8.32. The number of aliphatic hydroxyl groups is 3. The third kappa shape index (κ3) is 2.89. The topological polar surface area (TPSA) is 105 Å². The Labute approximate surface area is 149 Å². The molecule has 0 unspecified atom stereocenters. The normalized spacial score (nSPS) is 25.5. The first-order valence-electron chi connectivity index (χ1n) is 8.32. The molecule has 3 N–H and O–H groups in total. The maximum absolute atomic E-state index is 10.3. The minimum absolute atomic E-state index is 0.222. The van der Waals surface area contributed by atoms with Gasteiger partial charge in [-0.25, -0.2) is 0 Å². The summed E-state index contributed by atoms with van der Waals surface area (Å²) in [6, 6.07) is 18.9. The zero-order valence-electron chi connectivity index (χ0n) is 13.8. The van der Waals surface area contributed by atoms with E-state index in [9.17, 15) is 15.3 Å². The van der Waals surface area contributed by atoms with Gasteiger partial charge >= 0.3 is 5.82 Å². The van der Waals surface area contributed by atoms with Crippen LogP contribution in [0.2, 0.25) is 0 Å². The molecule has 3 aromatic rings. The highest BCUT2D eigenvalue weighted by Gasteiger charge is 2.48. The van der Waals surface area contributed by atoms with Gasteiger partial charge in [0.15, 0.2) is 11.8 Å². The van der Waals surface area contributed by atoms with E-state index in [2.05, 4.69) is 10.2 Å². The van der Waals surface area contributed by atoms with Crippen LogP contribution in [0.1, 0.15) is 11.9 Å². The van der Waals surface area contributed by atoms with Gasteiger partial charge < -0.3 is 20.1 Å². The lowest BCUT2D eigenvalue weighted by molar-refractivity contribution is -0.735. The van der Waals surface area contributed by atoms with Crippen LogP contribution in [0.5, 0.6) is 0 Å². The zero-order valence-corrected chi connectivity index (χ0v) is 13.8. The van der Waals surface area contributed by atoms with E-state index in [4.69, 9.17) is 4.74 Å². The Bertz CT molecular complexity index is 814. The summed E-state index contributed by atoms with van der Waals surface area (Å²) < 4.78 is 5.56. The average Bonchev–Trinajstić information content (AvgIpc) is 3.25. The SMILES string of the molecule is OC[C@@H]1O[C@H](c2nn(-c3ccccc3)[n+](-c3ccccc3)n2)[C@H](O)[C@@H]1O. The summed E-state index contributed by atoms with van der Waals surface area (Å²) in [5, 5.41) is 38.5. The number of rotatable bonds is 4. The Morgan fingerprint density at radius 2 is 1.62 bits per heavy atom. The van der Waals surface area contributed by atoms with E-state index in [1.54, 1.807) is 9.59 Å². The summed E-state index contributed by atoms with van der Waals surface area (Å²) in [7, 11) is 0. The zero-order chi connectivity index (χ0) is 18.1. The van der Waals surface area contributed by atoms with Crippen LogP contribution in [0.15, 0.2) is 60.7 Å². The predicted octanol–water partition coefficient (Wildman–Crippen LogP) is -0.302. The molecule has 0 saturated carbocycles. The highest BCUT2D eigenvalue weighted by Crippen LogP contribution is 2.31. The molecule has 0 bridgehead atoms. The van der Waals surface area contributed by atoms with E-state index in [1.165, 1.54) is 0 Å². The van der Waals surface area contributed by atoms with Crippen LogP contribution in [-0.2, 0) is 4.74 Å². The van der Waals surface area contributed by atoms with Gasteiger partial charge in [-0.3, -0.25) is 0 Å². The van der Waals surface area contributed by atoms with Crippen LogP contribution in [0, 0.1) is 0 Å². The molecule has 0 amide bonds. The van der Waals surface area contributed by atoms with Crippen molar-refractivity contribution in [1.29, 1.82) is 0 Å². The van der Waals surface area contributed by atoms with Crippen molar-refractivity contribution in [3.63, 3.8) is 0 Å². The minimum Gasteiger partial charge on any atom is -0.394 e. The summed E-state index contributed by atoms with van der Waals surface area (Å²) in [5.74, 6) is 0.222. The number of para-hydroxylation sites is 2. The maximum atomic E-state index is 10.3. The monoisotopic (exact) mass is 355 g/mol. The van der Waals surface area contributed by atoms with Crippen LogP contribution in [0.25, 0.3) is 11.4 Å². The number of tetrazole rings is 1. The Kier molecular flexibility index (Phi) is 4.48. The molecular formula is C18H19N4O4+. The van der Waals surface area contributed by atoms with Crippen molar-refractivity contribution < 1.29 is 24.9 Å². The van der Waals surface area contributed by atoms with E-state index < -0.39 is 31.0 Å². The molecule has 8 heteroatoms. The van der Waals surface area contributed by atoms with Gasteiger partial charge in [-0.15, -0.1) is 0 Å². The number of hydrogen-bond acceptors (Lipinski definition) is 6. The molecule has 4 rings (SSSR count). The average molecular weight is 355 g/mol. The number of nitrogens with zero attached hydrogens (tertiary/aromatic N) is 4. The summed E-state index contributed by atoms with van der Waals surface area (Å²) in [5.41, 5.74) is 1.56. The van der Waals surface area contributed by atoms with Crippen molar-refractivity contribution >= 4 is 0 Å². The molecule has 0 radical (unpaired) electrons. The third-order valence-corrected chi connectivity index (χ3v) is 4.34. The Morgan fingerprint density at radius 3 is 2.23 bits per heavy atom. The van der Waals surface area contributed by atoms with E-state index in [-0.39, 0.29) is 5.82 Å². The fraction of sp³-hybridized carbons (Fsp3) is 0.278. The largest absolute Gasteiger partial charge is 0.394 e. The molecule has 1 aliphatic rings. The summed E-state index contributed by atoms with van der Waals surface area (Å²) >= 11 is 0. The summed E-state index contributed by atoms with van der Waals surface area (Å²) in [6.45, 7) is -0.396. The van der Waals surface area contributed by atoms with Crippen molar-refractivity contribution in [2.75, 3.05) is 6.61 Å². The van der Waals surface area contributed by atoms with Crippen molar-refractivity contribution in [2.24, 2.45) is 0 Å². The minimum atomic E-state index is -1.22. The second-order valence-corrected chi connectivity index (χ2v) is 6.07. The van der Waals surface area contributed by atoms with Gasteiger partial charge in [0.05, 0.1) is 11.7 Å². The number of ether oxygens (including phenoxy) is 1. The van der Waals surface area contributed by atoms with Crippen LogP contribution < -0.4 is 4.80 Å². The molecule has 8 nitrogen and oxygen atoms in total. The van der Waals surface area contributed by atoms with Crippen molar-refractivity contribution in [1.82, 2.24) is 15.0 Å². The van der Waals surface area contributed by atoms with Crippen LogP contribution in [0.4, 0.5) is 0 Å². The second kappa shape index (κ2) is 6.93. The lowest BCUT2D eigenvalue weighted by atomic mass is 10.1. The third-order valence-electron chi connectivity index (χ3n) is 4.34. The second-order valence-electron chi connectivity index (χ2n) is 6.07. The molecule has 1 aromatic heterocycles. The molecule has 26 heavy (non-hydrogen) atoms. The fourth-order valence-corrected chi connectivity index (χ4v) is 2.98. The fourth-order valence-electron chi connectivity index (χ4n) is 2.98. The van der Waals surface area contributed by atoms with Crippen molar-refractivity contribution in [3.8, 4) is 11.4 Å². The number of aliphatic hydroxyl groups excluding tert-OH is 3. The van der Waals surface area contributed by atoms with Gasteiger partial charge in [0.25, 0.3) is 0 Å². The molecule has 2 aromatic carbocycles. The number of hydrogen-bond donors (Lipinski definition) is 3. The highest BCUT2D eigenvalue weighted by molar-refractivity contribution is 5.28. The van der Waals surface area contributed by atoms with E-state index in [1.807, 2.05) is 60.7 Å². The molecule has 134 valence electrons. The van der Waals surface area contributed by atoms with Gasteiger partial charge in [0, 0.05) is 4.80 Å². The van der Waals surface area contributed by atoms with Gasteiger partial charge in [-0.2, -0.15) is 0 Å². The molecule has 1 aliphatic heterocycles. The maximum Gasteiger partial charge on any atom is 0.340 e. The first-order chi connectivity index (χ1) is 12.7. The molecule has 0 aliphatic carbocycles. The van der Waals surface area contributed by atoms with Crippen molar-refractivity contribution in [2.45, 2.75) is 24.4 Å². The molecule has 0 spiro atoms. The Morgan fingerprint density at radius 1 is 0.962 bits per heavy atom.